The van der Waals surface area contributed by atoms with Crippen molar-refractivity contribution in [1.29, 1.82) is 0 Å². The van der Waals surface area contributed by atoms with Crippen LogP contribution in [0.3, 0.4) is 0 Å². The van der Waals surface area contributed by atoms with Crippen LogP contribution in [0.25, 0.3) is 0 Å². The van der Waals surface area contributed by atoms with Gasteiger partial charge in [0.2, 0.25) is 0 Å². The summed E-state index contributed by atoms with van der Waals surface area (Å²) < 4.78 is 5.05. The van der Waals surface area contributed by atoms with Crippen molar-refractivity contribution in [3.05, 3.63) is 83.6 Å². The van der Waals surface area contributed by atoms with Crippen molar-refractivity contribution in [3.8, 4) is 0 Å². The zero-order chi connectivity index (χ0) is 16.1. The third-order valence-electron chi connectivity index (χ3n) is 3.63. The molecule has 0 aromatic heterocycles. The van der Waals surface area contributed by atoms with E-state index in [-0.39, 0.29) is 18.6 Å². The van der Waals surface area contributed by atoms with Crippen molar-refractivity contribution in [2.45, 2.75) is 19.5 Å². The second-order valence-electron chi connectivity index (χ2n) is 5.42. The van der Waals surface area contributed by atoms with E-state index in [4.69, 9.17) is 9.57 Å². The molecule has 0 spiro atoms. The minimum Gasteiger partial charge on any atom is -0.458 e. The van der Waals surface area contributed by atoms with Gasteiger partial charge in [-0.25, -0.2) is 0 Å². The van der Waals surface area contributed by atoms with Gasteiger partial charge in [-0.05, 0) is 17.2 Å². The first-order valence-electron chi connectivity index (χ1n) is 7.60. The second-order valence-corrected chi connectivity index (χ2v) is 5.42. The largest absolute Gasteiger partial charge is 0.458 e. The fourth-order valence-corrected chi connectivity index (χ4v) is 2.55. The number of hydrogen-bond donors (Lipinski definition) is 0. The Hall–Kier alpha value is -2.59. The van der Waals surface area contributed by atoms with Crippen LogP contribution in [-0.2, 0) is 20.9 Å². The van der Waals surface area contributed by atoms with Gasteiger partial charge in [-0.1, -0.05) is 60.7 Å². The molecule has 0 amide bonds. The minimum atomic E-state index is -0.313. The molecular weight excluding hydrogens is 290 g/mol. The second kappa shape index (κ2) is 7.11. The minimum absolute atomic E-state index is 0.00182. The van der Waals surface area contributed by atoms with Gasteiger partial charge in [0.05, 0.1) is 12.6 Å². The standard InChI is InChI=1S/C19H19NO3/c1-15(21)22-14-18-12-19(17-10-6-3-7-11-17)20(23-18)13-16-8-4-2-5-9-16/h2-12,19H,13-14H2,1H3. The molecule has 2 aromatic carbocycles. The van der Waals surface area contributed by atoms with E-state index >= 15 is 0 Å². The third-order valence-corrected chi connectivity index (χ3v) is 3.63. The lowest BCUT2D eigenvalue weighted by Crippen LogP contribution is -2.23. The molecule has 0 saturated carbocycles. The van der Waals surface area contributed by atoms with Crippen LogP contribution in [0, 0.1) is 0 Å². The Bertz CT molecular complexity index is 682. The number of carbonyl (C=O) groups excluding carboxylic acids is 1. The van der Waals surface area contributed by atoms with E-state index in [1.54, 1.807) is 0 Å². The topological polar surface area (TPSA) is 38.8 Å². The van der Waals surface area contributed by atoms with Crippen molar-refractivity contribution in [3.63, 3.8) is 0 Å². The number of carbonyl (C=O) groups is 1. The Labute approximate surface area is 135 Å². The summed E-state index contributed by atoms with van der Waals surface area (Å²) in [5, 5.41) is 1.91. The predicted molar refractivity (Wildman–Crippen MR) is 87.0 cm³/mol. The van der Waals surface area contributed by atoms with Crippen LogP contribution in [0.1, 0.15) is 24.1 Å². The summed E-state index contributed by atoms with van der Waals surface area (Å²) in [6.07, 6.45) is 2.00. The number of ether oxygens (including phenoxy) is 1. The lowest BCUT2D eigenvalue weighted by molar-refractivity contribution is -0.151. The van der Waals surface area contributed by atoms with E-state index in [0.29, 0.717) is 12.3 Å². The molecule has 1 unspecified atom stereocenters. The van der Waals surface area contributed by atoms with Crippen LogP contribution >= 0.6 is 0 Å². The fourth-order valence-electron chi connectivity index (χ4n) is 2.55. The van der Waals surface area contributed by atoms with Crippen LogP contribution < -0.4 is 0 Å². The summed E-state index contributed by atoms with van der Waals surface area (Å²) in [4.78, 5) is 16.9. The number of esters is 1. The van der Waals surface area contributed by atoms with E-state index in [1.165, 1.54) is 6.92 Å². The highest BCUT2D eigenvalue weighted by atomic mass is 16.7. The summed E-state index contributed by atoms with van der Waals surface area (Å²) >= 11 is 0. The summed E-state index contributed by atoms with van der Waals surface area (Å²) in [5.74, 6) is 0.345. The maximum absolute atomic E-state index is 11.0. The molecule has 118 valence electrons. The first-order valence-corrected chi connectivity index (χ1v) is 7.60. The summed E-state index contributed by atoms with van der Waals surface area (Å²) in [6, 6.07) is 20.3. The van der Waals surface area contributed by atoms with E-state index in [2.05, 4.69) is 24.3 Å². The number of hydrogen-bond acceptors (Lipinski definition) is 4. The molecule has 1 heterocycles. The van der Waals surface area contributed by atoms with Crippen molar-refractivity contribution < 1.29 is 14.4 Å². The lowest BCUT2D eigenvalue weighted by Gasteiger charge is -2.23. The average molecular weight is 309 g/mol. The van der Waals surface area contributed by atoms with E-state index < -0.39 is 0 Å². The normalized spacial score (nSPS) is 17.4. The Morgan fingerprint density at radius 2 is 1.74 bits per heavy atom. The Balaban J connectivity index is 1.78. The highest BCUT2D eigenvalue weighted by Crippen LogP contribution is 2.32. The molecule has 23 heavy (non-hydrogen) atoms. The smallest absolute Gasteiger partial charge is 0.303 e. The van der Waals surface area contributed by atoms with E-state index in [9.17, 15) is 4.79 Å². The van der Waals surface area contributed by atoms with Crippen LogP contribution in [0.4, 0.5) is 0 Å². The van der Waals surface area contributed by atoms with Crippen molar-refractivity contribution in [2.75, 3.05) is 6.61 Å². The highest BCUT2D eigenvalue weighted by molar-refractivity contribution is 5.66. The quantitative estimate of drug-likeness (QED) is 0.791. The Kier molecular flexibility index (Phi) is 4.74. The van der Waals surface area contributed by atoms with Gasteiger partial charge in [0.1, 0.15) is 0 Å². The van der Waals surface area contributed by atoms with Gasteiger partial charge in [-0.15, -0.1) is 5.06 Å². The van der Waals surface area contributed by atoms with Gasteiger partial charge in [-0.3, -0.25) is 4.79 Å². The van der Waals surface area contributed by atoms with Crippen LogP contribution in [0.5, 0.6) is 0 Å². The third kappa shape index (κ3) is 3.99. The van der Waals surface area contributed by atoms with Crippen LogP contribution in [0.15, 0.2) is 72.5 Å². The first-order chi connectivity index (χ1) is 11.2. The number of rotatable bonds is 5. The summed E-state index contributed by atoms with van der Waals surface area (Å²) in [6.45, 7) is 2.20. The molecule has 0 N–H and O–H groups in total. The lowest BCUT2D eigenvalue weighted by atomic mass is 10.1. The van der Waals surface area contributed by atoms with Gasteiger partial charge >= 0.3 is 5.97 Å². The van der Waals surface area contributed by atoms with Crippen LogP contribution in [0.2, 0.25) is 0 Å². The van der Waals surface area contributed by atoms with Gasteiger partial charge in [0.25, 0.3) is 0 Å². The van der Waals surface area contributed by atoms with Crippen molar-refractivity contribution in [1.82, 2.24) is 5.06 Å². The molecule has 1 aliphatic rings. The molecule has 1 atom stereocenters. The van der Waals surface area contributed by atoms with E-state index in [0.717, 1.165) is 11.1 Å². The van der Waals surface area contributed by atoms with Crippen molar-refractivity contribution in [2.24, 2.45) is 0 Å². The van der Waals surface area contributed by atoms with Gasteiger partial charge in [-0.2, -0.15) is 0 Å². The molecule has 0 saturated heterocycles. The van der Waals surface area contributed by atoms with Gasteiger partial charge < -0.3 is 9.57 Å². The number of nitrogens with zero attached hydrogens (tertiary/aromatic N) is 1. The molecule has 0 aliphatic carbocycles. The molecule has 0 radical (unpaired) electrons. The average Bonchev–Trinajstić information content (AvgIpc) is 2.97. The molecule has 4 nitrogen and oxygen atoms in total. The fraction of sp³-hybridized carbons (Fsp3) is 0.211. The molecule has 2 aromatic rings. The predicted octanol–water partition coefficient (Wildman–Crippen LogP) is 3.62. The Morgan fingerprint density at radius 1 is 1.09 bits per heavy atom. The molecule has 0 fully saturated rings. The molecule has 0 bridgehead atoms. The van der Waals surface area contributed by atoms with E-state index in [1.807, 2.05) is 47.5 Å². The monoisotopic (exact) mass is 309 g/mol. The SMILES string of the molecule is CC(=O)OCC1=CC(c2ccccc2)N(Cc2ccccc2)O1. The zero-order valence-corrected chi connectivity index (χ0v) is 13.0. The molecular formula is C19H19NO3. The van der Waals surface area contributed by atoms with Crippen molar-refractivity contribution >= 4 is 5.97 Å². The first kappa shape index (κ1) is 15.3. The number of benzene rings is 2. The summed E-state index contributed by atoms with van der Waals surface area (Å²) in [7, 11) is 0. The number of hydroxylamine groups is 2. The maximum atomic E-state index is 11.0. The molecule has 1 aliphatic heterocycles. The maximum Gasteiger partial charge on any atom is 0.303 e. The Morgan fingerprint density at radius 3 is 2.39 bits per heavy atom. The molecule has 4 heteroatoms. The molecule has 3 rings (SSSR count). The van der Waals surface area contributed by atoms with Crippen LogP contribution in [-0.4, -0.2) is 17.6 Å². The van der Waals surface area contributed by atoms with Gasteiger partial charge in [0, 0.05) is 6.92 Å². The summed E-state index contributed by atoms with van der Waals surface area (Å²) in [5.41, 5.74) is 2.30. The zero-order valence-electron chi connectivity index (χ0n) is 13.0. The van der Waals surface area contributed by atoms with Gasteiger partial charge in [0.15, 0.2) is 12.4 Å². The highest BCUT2D eigenvalue weighted by Gasteiger charge is 2.28.